The largest absolute Gasteiger partial charge is 0.396 e. The quantitative estimate of drug-likeness (QED) is 0.314. The summed E-state index contributed by atoms with van der Waals surface area (Å²) >= 11 is 0. The van der Waals surface area contributed by atoms with Crippen LogP contribution in [0.2, 0.25) is 0 Å². The van der Waals surface area contributed by atoms with E-state index in [1.807, 2.05) is 0 Å². The molecule has 0 saturated carbocycles. The fourth-order valence-corrected chi connectivity index (χ4v) is 3.36. The lowest BCUT2D eigenvalue weighted by Gasteiger charge is -2.29. The van der Waals surface area contributed by atoms with Gasteiger partial charge in [-0.15, -0.1) is 0 Å². The molecule has 2 N–H and O–H groups in total. The van der Waals surface area contributed by atoms with E-state index in [4.69, 9.17) is 10.2 Å². The minimum Gasteiger partial charge on any atom is -0.396 e. The second-order valence-electron chi connectivity index (χ2n) is 8.75. The van der Waals surface area contributed by atoms with E-state index in [0.717, 1.165) is 34.9 Å². The Labute approximate surface area is 151 Å². The highest BCUT2D eigenvalue weighted by Gasteiger charge is 2.14. The molecular weight excluding hydrogens is 300 g/mol. The second-order valence-corrected chi connectivity index (χ2v) is 8.75. The second kappa shape index (κ2) is 14.1. The van der Waals surface area contributed by atoms with Crippen LogP contribution >= 0.6 is 0 Å². The number of hydrogen-bond donors (Lipinski definition) is 2. The standard InChI is InChI=1S/C20H46N2O2/c1-21(2,17-13-19-23)15-11-9-7-5-6-8-10-12-16-22(3,4)18-14-20-24/h23-24H,5-20H2,1-4H3/q+2. The normalized spacial score (nSPS) is 12.8. The van der Waals surface area contributed by atoms with Gasteiger partial charge < -0.3 is 19.2 Å². The molecule has 0 atom stereocenters. The Morgan fingerprint density at radius 1 is 0.417 bits per heavy atom. The van der Waals surface area contributed by atoms with Gasteiger partial charge in [-0.05, 0) is 25.7 Å². The summed E-state index contributed by atoms with van der Waals surface area (Å²) in [5, 5.41) is 17.8. The van der Waals surface area contributed by atoms with Crippen molar-refractivity contribution in [3.8, 4) is 0 Å². The Hall–Kier alpha value is -0.160. The maximum Gasteiger partial charge on any atom is 0.0804 e. The summed E-state index contributed by atoms with van der Waals surface area (Å²) in [6.45, 7) is 5.29. The molecule has 0 aliphatic carbocycles. The van der Waals surface area contributed by atoms with E-state index in [0.29, 0.717) is 13.2 Å². The minimum atomic E-state index is 0.319. The zero-order chi connectivity index (χ0) is 18.3. The van der Waals surface area contributed by atoms with Gasteiger partial charge in [0.25, 0.3) is 0 Å². The molecule has 0 amide bonds. The van der Waals surface area contributed by atoms with Crippen LogP contribution in [0.15, 0.2) is 0 Å². The first-order chi connectivity index (χ1) is 11.3. The van der Waals surface area contributed by atoms with Crippen molar-refractivity contribution in [2.24, 2.45) is 0 Å². The molecule has 0 radical (unpaired) electrons. The number of aliphatic hydroxyl groups excluding tert-OH is 2. The van der Waals surface area contributed by atoms with Crippen molar-refractivity contribution >= 4 is 0 Å². The lowest BCUT2D eigenvalue weighted by atomic mass is 10.1. The van der Waals surface area contributed by atoms with Crippen molar-refractivity contribution in [1.82, 2.24) is 0 Å². The third-order valence-electron chi connectivity index (χ3n) is 5.12. The van der Waals surface area contributed by atoms with Crippen LogP contribution in [0.1, 0.15) is 64.2 Å². The molecular formula is C20H46N2O2+2. The van der Waals surface area contributed by atoms with Crippen LogP contribution in [0.4, 0.5) is 0 Å². The number of nitrogens with zero attached hydrogens (tertiary/aromatic N) is 2. The third kappa shape index (κ3) is 15.4. The molecule has 0 unspecified atom stereocenters. The molecule has 0 saturated heterocycles. The van der Waals surface area contributed by atoms with Crippen molar-refractivity contribution in [3.05, 3.63) is 0 Å². The summed E-state index contributed by atoms with van der Waals surface area (Å²) in [7, 11) is 9.10. The van der Waals surface area contributed by atoms with Crippen LogP contribution in [-0.4, -0.2) is 86.8 Å². The highest BCUT2D eigenvalue weighted by atomic mass is 16.3. The zero-order valence-corrected chi connectivity index (χ0v) is 17.1. The maximum absolute atomic E-state index is 8.92. The van der Waals surface area contributed by atoms with Gasteiger partial charge in [0.1, 0.15) is 0 Å². The van der Waals surface area contributed by atoms with Gasteiger partial charge in [0.05, 0.1) is 54.4 Å². The van der Waals surface area contributed by atoms with Gasteiger partial charge in [0, 0.05) is 26.1 Å². The van der Waals surface area contributed by atoms with Crippen molar-refractivity contribution in [3.63, 3.8) is 0 Å². The van der Waals surface area contributed by atoms with Crippen LogP contribution in [0.3, 0.4) is 0 Å². The molecule has 0 aromatic rings. The average molecular weight is 347 g/mol. The van der Waals surface area contributed by atoms with Crippen LogP contribution < -0.4 is 0 Å². The number of unbranched alkanes of at least 4 members (excludes halogenated alkanes) is 7. The molecule has 0 fully saturated rings. The molecule has 0 bridgehead atoms. The summed E-state index contributed by atoms with van der Waals surface area (Å²) in [6, 6.07) is 0. The highest BCUT2D eigenvalue weighted by Crippen LogP contribution is 2.12. The molecule has 0 heterocycles. The Morgan fingerprint density at radius 2 is 0.667 bits per heavy atom. The van der Waals surface area contributed by atoms with Crippen molar-refractivity contribution in [1.29, 1.82) is 0 Å². The molecule has 0 rings (SSSR count). The topological polar surface area (TPSA) is 40.5 Å². The van der Waals surface area contributed by atoms with Gasteiger partial charge >= 0.3 is 0 Å². The van der Waals surface area contributed by atoms with E-state index in [2.05, 4.69) is 28.2 Å². The molecule has 24 heavy (non-hydrogen) atoms. The monoisotopic (exact) mass is 346 g/mol. The SMILES string of the molecule is C[N+](C)(CCCO)CCCCCCCCCC[N+](C)(C)CCCO. The molecule has 4 heteroatoms. The third-order valence-corrected chi connectivity index (χ3v) is 5.12. The van der Waals surface area contributed by atoms with E-state index in [1.165, 1.54) is 64.5 Å². The number of quaternary nitrogens is 2. The van der Waals surface area contributed by atoms with Gasteiger partial charge in [0.2, 0.25) is 0 Å². The van der Waals surface area contributed by atoms with Crippen LogP contribution in [0, 0.1) is 0 Å². The summed E-state index contributed by atoms with van der Waals surface area (Å²) < 4.78 is 2.09. The van der Waals surface area contributed by atoms with E-state index in [1.54, 1.807) is 0 Å². The summed E-state index contributed by atoms with van der Waals surface area (Å²) in [5.41, 5.74) is 0. The summed E-state index contributed by atoms with van der Waals surface area (Å²) in [4.78, 5) is 0. The number of hydrogen-bond acceptors (Lipinski definition) is 2. The van der Waals surface area contributed by atoms with Gasteiger partial charge in [0.15, 0.2) is 0 Å². The van der Waals surface area contributed by atoms with Gasteiger partial charge in [-0.2, -0.15) is 0 Å². The fraction of sp³-hybridized carbons (Fsp3) is 1.00. The zero-order valence-electron chi connectivity index (χ0n) is 17.1. The van der Waals surface area contributed by atoms with Crippen LogP contribution in [0.5, 0.6) is 0 Å². The first kappa shape index (κ1) is 23.8. The first-order valence-electron chi connectivity index (χ1n) is 10.2. The predicted molar refractivity (Wildman–Crippen MR) is 104 cm³/mol. The predicted octanol–water partition coefficient (Wildman–Crippen LogP) is 3.02. The lowest BCUT2D eigenvalue weighted by Crippen LogP contribution is -2.41. The molecule has 0 aromatic heterocycles. The van der Waals surface area contributed by atoms with Crippen molar-refractivity contribution in [2.45, 2.75) is 64.2 Å². The Morgan fingerprint density at radius 3 is 0.958 bits per heavy atom. The van der Waals surface area contributed by atoms with Gasteiger partial charge in [-0.25, -0.2) is 0 Å². The van der Waals surface area contributed by atoms with E-state index < -0.39 is 0 Å². The van der Waals surface area contributed by atoms with E-state index in [9.17, 15) is 0 Å². The molecule has 0 aromatic carbocycles. The molecule has 0 aliphatic heterocycles. The summed E-state index contributed by atoms with van der Waals surface area (Å²) in [5.74, 6) is 0. The van der Waals surface area contributed by atoms with Crippen LogP contribution in [-0.2, 0) is 0 Å². The molecule has 146 valence electrons. The maximum atomic E-state index is 8.92. The Bertz CT molecular complexity index is 253. The van der Waals surface area contributed by atoms with Crippen LogP contribution in [0.25, 0.3) is 0 Å². The van der Waals surface area contributed by atoms with Crippen molar-refractivity contribution in [2.75, 3.05) is 67.6 Å². The fourth-order valence-electron chi connectivity index (χ4n) is 3.36. The smallest absolute Gasteiger partial charge is 0.0804 e. The Balaban J connectivity index is 3.39. The Kier molecular flexibility index (Phi) is 14.0. The van der Waals surface area contributed by atoms with Gasteiger partial charge in [-0.1, -0.05) is 25.7 Å². The molecule has 0 spiro atoms. The lowest BCUT2D eigenvalue weighted by molar-refractivity contribution is -0.890. The molecule has 0 aliphatic rings. The molecule has 4 nitrogen and oxygen atoms in total. The highest BCUT2D eigenvalue weighted by molar-refractivity contribution is 4.48. The summed E-state index contributed by atoms with van der Waals surface area (Å²) in [6.07, 6.45) is 12.7. The first-order valence-corrected chi connectivity index (χ1v) is 10.2. The van der Waals surface area contributed by atoms with Gasteiger partial charge in [-0.3, -0.25) is 0 Å². The number of aliphatic hydroxyl groups is 2. The minimum absolute atomic E-state index is 0.319. The number of rotatable bonds is 17. The van der Waals surface area contributed by atoms with E-state index >= 15 is 0 Å². The average Bonchev–Trinajstić information content (AvgIpc) is 2.53. The van der Waals surface area contributed by atoms with Crippen molar-refractivity contribution < 1.29 is 19.2 Å². The van der Waals surface area contributed by atoms with E-state index in [-0.39, 0.29) is 0 Å².